The van der Waals surface area contributed by atoms with Crippen molar-refractivity contribution in [2.45, 2.75) is 19.4 Å². The van der Waals surface area contributed by atoms with Crippen molar-refractivity contribution in [3.05, 3.63) is 76.5 Å². The molecule has 6 nitrogen and oxygen atoms in total. The van der Waals surface area contributed by atoms with E-state index in [-0.39, 0.29) is 0 Å². The highest BCUT2D eigenvalue weighted by atomic mass is 35.5. The van der Waals surface area contributed by atoms with Crippen LogP contribution in [0, 0.1) is 6.92 Å². The van der Waals surface area contributed by atoms with Gasteiger partial charge in [0.2, 0.25) is 0 Å². The van der Waals surface area contributed by atoms with Gasteiger partial charge in [0.25, 0.3) is 0 Å². The molecule has 32 heavy (non-hydrogen) atoms. The molecule has 3 aromatic heterocycles. The Kier molecular flexibility index (Phi) is 5.28. The molecule has 0 spiro atoms. The molecule has 160 valence electrons. The number of nitrogens with zero attached hydrogens (tertiary/aromatic N) is 2. The second-order valence-corrected chi connectivity index (χ2v) is 9.18. The van der Waals surface area contributed by atoms with E-state index in [0.29, 0.717) is 17.3 Å². The summed E-state index contributed by atoms with van der Waals surface area (Å²) in [6.45, 7) is 2.03. The van der Waals surface area contributed by atoms with Gasteiger partial charge in [0, 0.05) is 39.0 Å². The van der Waals surface area contributed by atoms with E-state index in [2.05, 4.69) is 20.3 Å². The fraction of sp³-hybridized carbons (Fsp3) is 0.125. The number of carbonyl (C=O) groups is 1. The highest BCUT2D eigenvalue weighted by Gasteiger charge is 2.23. The predicted octanol–water partition coefficient (Wildman–Crippen LogP) is 5.91. The monoisotopic (exact) mass is 462 g/mol. The van der Waals surface area contributed by atoms with Crippen LogP contribution in [0.25, 0.3) is 32.2 Å². The second kappa shape index (κ2) is 8.26. The van der Waals surface area contributed by atoms with Crippen LogP contribution in [-0.2, 0) is 11.2 Å². The Morgan fingerprint density at radius 3 is 2.75 bits per heavy atom. The Hall–Kier alpha value is -3.42. The summed E-state index contributed by atoms with van der Waals surface area (Å²) in [5.41, 5.74) is 3.89. The summed E-state index contributed by atoms with van der Waals surface area (Å²) in [6.07, 6.45) is 3.65. The number of thiophene rings is 1. The molecule has 0 aliphatic carbocycles. The van der Waals surface area contributed by atoms with Crippen molar-refractivity contribution in [2.24, 2.45) is 0 Å². The fourth-order valence-corrected chi connectivity index (χ4v) is 5.14. The summed E-state index contributed by atoms with van der Waals surface area (Å²) in [5, 5.41) is 15.6. The van der Waals surface area contributed by atoms with E-state index >= 15 is 0 Å². The van der Waals surface area contributed by atoms with Crippen LogP contribution in [0.2, 0.25) is 5.02 Å². The third-order valence-corrected chi connectivity index (χ3v) is 6.77. The van der Waals surface area contributed by atoms with E-state index < -0.39 is 12.0 Å². The summed E-state index contributed by atoms with van der Waals surface area (Å²) in [4.78, 5) is 26.1. The van der Waals surface area contributed by atoms with Gasteiger partial charge in [-0.25, -0.2) is 14.8 Å². The van der Waals surface area contributed by atoms with Crippen molar-refractivity contribution in [2.75, 3.05) is 5.32 Å². The number of aromatic amines is 1. The highest BCUT2D eigenvalue weighted by Crippen LogP contribution is 2.40. The van der Waals surface area contributed by atoms with Gasteiger partial charge in [-0.15, -0.1) is 11.3 Å². The summed E-state index contributed by atoms with van der Waals surface area (Å²) in [7, 11) is 0. The van der Waals surface area contributed by atoms with Crippen LogP contribution in [0.3, 0.4) is 0 Å². The average molecular weight is 463 g/mol. The van der Waals surface area contributed by atoms with Gasteiger partial charge in [0.15, 0.2) is 0 Å². The van der Waals surface area contributed by atoms with Crippen molar-refractivity contribution >= 4 is 55.8 Å². The number of para-hydroxylation sites is 1. The first-order valence-electron chi connectivity index (χ1n) is 10.1. The van der Waals surface area contributed by atoms with E-state index in [1.54, 1.807) is 11.3 Å². The van der Waals surface area contributed by atoms with Crippen molar-refractivity contribution in [3.8, 4) is 11.1 Å². The molecule has 1 unspecified atom stereocenters. The lowest BCUT2D eigenvalue weighted by molar-refractivity contribution is -0.137. The van der Waals surface area contributed by atoms with Crippen LogP contribution >= 0.6 is 22.9 Å². The number of H-pyrrole nitrogens is 1. The Labute approximate surface area is 192 Å². The van der Waals surface area contributed by atoms with E-state index in [4.69, 9.17) is 11.6 Å². The average Bonchev–Trinajstić information content (AvgIpc) is 3.34. The molecular formula is C24H19ClN4O2S. The van der Waals surface area contributed by atoms with Gasteiger partial charge in [0.05, 0.1) is 5.39 Å². The standard InChI is InChI=1S/C24H19ClN4O2S/c1-13-20(14-6-8-16(25)9-7-14)21-22(27-12-28-23(21)32-13)29-19(24(30)31)10-15-11-26-18-5-3-2-4-17(15)18/h2-9,11-12,19,26H,10H2,1H3,(H,30,31)(H,27,28,29). The normalized spacial score (nSPS) is 12.3. The zero-order valence-corrected chi connectivity index (χ0v) is 18.7. The smallest absolute Gasteiger partial charge is 0.326 e. The van der Waals surface area contributed by atoms with Crippen molar-refractivity contribution in [1.82, 2.24) is 15.0 Å². The Morgan fingerprint density at radius 1 is 1.19 bits per heavy atom. The number of carboxylic acids is 1. The lowest BCUT2D eigenvalue weighted by Crippen LogP contribution is -2.32. The molecule has 0 saturated heterocycles. The molecule has 3 N–H and O–H groups in total. The van der Waals surface area contributed by atoms with E-state index in [1.807, 2.05) is 61.7 Å². The summed E-state index contributed by atoms with van der Waals surface area (Å²) in [5.74, 6) is -0.432. The van der Waals surface area contributed by atoms with Crippen LogP contribution < -0.4 is 5.32 Å². The molecule has 0 amide bonds. The number of rotatable bonds is 6. The van der Waals surface area contributed by atoms with Gasteiger partial charge in [-0.2, -0.15) is 0 Å². The minimum Gasteiger partial charge on any atom is -0.480 e. The molecule has 0 saturated carbocycles. The van der Waals surface area contributed by atoms with Crippen molar-refractivity contribution < 1.29 is 9.90 Å². The maximum absolute atomic E-state index is 12.2. The topological polar surface area (TPSA) is 90.9 Å². The number of carboxylic acid groups (broad SMARTS) is 1. The number of halogens is 1. The fourth-order valence-electron chi connectivity index (χ4n) is 4.00. The number of aryl methyl sites for hydroxylation is 1. The summed E-state index contributed by atoms with van der Waals surface area (Å²) >= 11 is 7.63. The molecule has 2 aromatic carbocycles. The largest absolute Gasteiger partial charge is 0.480 e. The van der Waals surface area contributed by atoms with Gasteiger partial charge >= 0.3 is 5.97 Å². The van der Waals surface area contributed by atoms with E-state index in [9.17, 15) is 9.90 Å². The predicted molar refractivity (Wildman–Crippen MR) is 130 cm³/mol. The molecule has 3 heterocycles. The Balaban J connectivity index is 1.56. The van der Waals surface area contributed by atoms with Crippen molar-refractivity contribution in [3.63, 3.8) is 0 Å². The molecule has 1 atom stereocenters. The molecule has 0 fully saturated rings. The number of hydrogen-bond acceptors (Lipinski definition) is 5. The van der Waals surface area contributed by atoms with Crippen molar-refractivity contribution in [1.29, 1.82) is 0 Å². The molecule has 8 heteroatoms. The lowest BCUT2D eigenvalue weighted by Gasteiger charge is -2.16. The number of anilines is 1. The first-order valence-corrected chi connectivity index (χ1v) is 11.2. The third kappa shape index (κ3) is 3.70. The third-order valence-electron chi connectivity index (χ3n) is 5.51. The minimum atomic E-state index is -0.943. The quantitative estimate of drug-likeness (QED) is 0.292. The lowest BCUT2D eigenvalue weighted by atomic mass is 10.0. The molecule has 5 aromatic rings. The van der Waals surface area contributed by atoms with Crippen LogP contribution in [0.5, 0.6) is 0 Å². The number of aliphatic carboxylic acids is 1. The molecule has 5 rings (SSSR count). The van der Waals surface area contributed by atoms with Crippen LogP contribution in [0.15, 0.2) is 61.1 Å². The van der Waals surface area contributed by atoms with Gasteiger partial charge in [-0.05, 0) is 36.2 Å². The number of aromatic nitrogens is 3. The minimum absolute atomic E-state index is 0.310. The summed E-state index contributed by atoms with van der Waals surface area (Å²) in [6, 6.07) is 14.6. The molecular weight excluding hydrogens is 444 g/mol. The summed E-state index contributed by atoms with van der Waals surface area (Å²) < 4.78 is 0. The second-order valence-electron chi connectivity index (χ2n) is 7.54. The van der Waals surface area contributed by atoms with Crippen LogP contribution in [0.1, 0.15) is 10.4 Å². The number of fused-ring (bicyclic) bond motifs is 2. The highest BCUT2D eigenvalue weighted by molar-refractivity contribution is 7.19. The van der Waals surface area contributed by atoms with E-state index in [1.165, 1.54) is 6.33 Å². The Morgan fingerprint density at radius 2 is 1.97 bits per heavy atom. The van der Waals surface area contributed by atoms with Crippen LogP contribution in [0.4, 0.5) is 5.82 Å². The number of benzene rings is 2. The van der Waals surface area contributed by atoms with Crippen LogP contribution in [-0.4, -0.2) is 32.1 Å². The van der Waals surface area contributed by atoms with Gasteiger partial charge in [0.1, 0.15) is 23.0 Å². The zero-order valence-electron chi connectivity index (χ0n) is 17.1. The molecule has 0 radical (unpaired) electrons. The van der Waals surface area contributed by atoms with E-state index in [0.717, 1.165) is 42.7 Å². The van der Waals surface area contributed by atoms with Gasteiger partial charge < -0.3 is 15.4 Å². The molecule has 0 aliphatic heterocycles. The zero-order chi connectivity index (χ0) is 22.2. The number of nitrogens with one attached hydrogen (secondary N) is 2. The first kappa shape index (κ1) is 20.5. The molecule has 0 aliphatic rings. The number of hydrogen-bond donors (Lipinski definition) is 3. The Bertz CT molecular complexity index is 1440. The molecule has 0 bridgehead atoms. The van der Waals surface area contributed by atoms with Gasteiger partial charge in [-0.3, -0.25) is 0 Å². The first-order chi connectivity index (χ1) is 15.5. The maximum atomic E-state index is 12.2. The SMILES string of the molecule is Cc1sc2ncnc(NC(Cc3c[nH]c4ccccc34)C(=O)O)c2c1-c1ccc(Cl)cc1. The van der Waals surface area contributed by atoms with Gasteiger partial charge in [-0.1, -0.05) is 41.9 Å². The maximum Gasteiger partial charge on any atom is 0.326 e.